The van der Waals surface area contributed by atoms with E-state index in [-0.39, 0.29) is 24.1 Å². The van der Waals surface area contributed by atoms with Gasteiger partial charge in [-0.15, -0.1) is 0 Å². The molecule has 1 atom stereocenters. The van der Waals surface area contributed by atoms with E-state index in [1.54, 1.807) is 23.6 Å². The summed E-state index contributed by atoms with van der Waals surface area (Å²) < 4.78 is 7.74. The van der Waals surface area contributed by atoms with E-state index in [9.17, 15) is 14.4 Å². The average molecular weight is 513 g/mol. The number of likely N-dealkylation sites (N-methyl/N-ethyl adjacent to an activating group) is 1. The second-order valence-corrected chi connectivity index (χ2v) is 10.7. The van der Waals surface area contributed by atoms with E-state index in [0.29, 0.717) is 24.8 Å². The number of nitrogens with one attached hydrogen (secondary N) is 1. The molecule has 0 fully saturated rings. The molecule has 0 aliphatic carbocycles. The Kier molecular flexibility index (Phi) is 10.5. The van der Waals surface area contributed by atoms with Crippen molar-refractivity contribution in [3.8, 4) is 5.75 Å². The fourth-order valence-electron chi connectivity index (χ4n) is 5.05. The van der Waals surface area contributed by atoms with Crippen LogP contribution in [0.25, 0.3) is 10.9 Å². The Morgan fingerprint density at radius 1 is 1.03 bits per heavy atom. The molecule has 0 spiro atoms. The zero-order valence-electron chi connectivity index (χ0n) is 23.3. The third-order valence-electron chi connectivity index (χ3n) is 7.11. The predicted molar refractivity (Wildman–Crippen MR) is 146 cm³/mol. The van der Waals surface area contributed by atoms with E-state index >= 15 is 0 Å². The number of hydrogen-bond donors (Lipinski definition) is 1. The minimum absolute atomic E-state index is 0.0235. The zero-order chi connectivity index (χ0) is 26.9. The van der Waals surface area contributed by atoms with Gasteiger partial charge in [0.15, 0.2) is 5.78 Å². The lowest BCUT2D eigenvalue weighted by molar-refractivity contribution is -0.140. The molecule has 1 aliphatic rings. The standard InChI is InChI=1S/C29H44N4O4/c1-20(2)19-37-24-16-23-14-12-10-8-6-7-9-11-13-15-32(21(3)29(36)30-5)26(35)18-33-28(23)25(17-24)27(31-33)22(4)34/h16-17,20-21H,6-15,18-19H2,1-5H3,(H,30,36)/t21-/m0/s1. The maximum atomic E-state index is 13.6. The van der Waals surface area contributed by atoms with Crippen LogP contribution >= 0.6 is 0 Å². The zero-order valence-corrected chi connectivity index (χ0v) is 23.3. The van der Waals surface area contributed by atoms with Crippen LogP contribution in [0.5, 0.6) is 5.75 Å². The summed E-state index contributed by atoms with van der Waals surface area (Å²) >= 11 is 0. The van der Waals surface area contributed by atoms with Gasteiger partial charge < -0.3 is 15.0 Å². The van der Waals surface area contributed by atoms with Gasteiger partial charge in [0.05, 0.1) is 12.1 Å². The Morgan fingerprint density at radius 2 is 1.68 bits per heavy atom. The first kappa shape index (κ1) is 28.7. The largest absolute Gasteiger partial charge is 0.493 e. The molecule has 1 aliphatic heterocycles. The van der Waals surface area contributed by atoms with Gasteiger partial charge in [-0.05, 0) is 49.8 Å². The molecule has 1 aromatic heterocycles. The topological polar surface area (TPSA) is 93.5 Å². The molecule has 1 aromatic carbocycles. The van der Waals surface area contributed by atoms with E-state index in [1.165, 1.54) is 26.2 Å². The molecule has 3 rings (SSSR count). The van der Waals surface area contributed by atoms with Gasteiger partial charge in [-0.3, -0.25) is 19.1 Å². The summed E-state index contributed by atoms with van der Waals surface area (Å²) in [4.78, 5) is 40.3. The molecule has 0 radical (unpaired) electrons. The number of rotatable bonds is 6. The van der Waals surface area contributed by atoms with Crippen molar-refractivity contribution in [2.45, 2.75) is 98.1 Å². The summed E-state index contributed by atoms with van der Waals surface area (Å²) in [5.74, 6) is 0.594. The van der Waals surface area contributed by atoms with Gasteiger partial charge in [-0.1, -0.05) is 52.4 Å². The highest BCUT2D eigenvalue weighted by Crippen LogP contribution is 2.31. The number of nitrogens with zero attached hydrogens (tertiary/aromatic N) is 3. The van der Waals surface area contributed by atoms with Gasteiger partial charge in [-0.2, -0.15) is 5.10 Å². The molecule has 2 amide bonds. The molecule has 2 aromatic rings. The van der Waals surface area contributed by atoms with Crippen LogP contribution in [0, 0.1) is 5.92 Å². The first-order valence-electron chi connectivity index (χ1n) is 13.9. The number of amides is 2. The van der Waals surface area contributed by atoms with Gasteiger partial charge in [0, 0.05) is 25.9 Å². The summed E-state index contributed by atoms with van der Waals surface area (Å²) in [5.41, 5.74) is 2.21. The minimum atomic E-state index is -0.582. The highest BCUT2D eigenvalue weighted by molar-refractivity contribution is 6.06. The summed E-state index contributed by atoms with van der Waals surface area (Å²) in [5, 5.41) is 8.03. The van der Waals surface area contributed by atoms with E-state index in [0.717, 1.165) is 60.7 Å². The number of ether oxygens (including phenoxy) is 1. The summed E-state index contributed by atoms with van der Waals surface area (Å²) in [6.07, 6.45) is 9.61. The number of Topliss-reactive ketones (excluding diaryl/α,β-unsaturated/α-hetero) is 1. The number of hydrogen-bond acceptors (Lipinski definition) is 5. The molecule has 1 N–H and O–H groups in total. The smallest absolute Gasteiger partial charge is 0.245 e. The molecule has 2 heterocycles. The van der Waals surface area contributed by atoms with E-state index in [4.69, 9.17) is 4.74 Å². The van der Waals surface area contributed by atoms with Gasteiger partial charge in [0.1, 0.15) is 24.0 Å². The van der Waals surface area contributed by atoms with Crippen LogP contribution in [-0.4, -0.2) is 58.5 Å². The van der Waals surface area contributed by atoms with Crippen molar-refractivity contribution < 1.29 is 19.1 Å². The molecule has 37 heavy (non-hydrogen) atoms. The van der Waals surface area contributed by atoms with E-state index in [2.05, 4.69) is 24.3 Å². The second-order valence-electron chi connectivity index (χ2n) is 10.7. The molecule has 0 bridgehead atoms. The van der Waals surface area contributed by atoms with Crippen molar-refractivity contribution in [1.29, 1.82) is 0 Å². The molecule has 0 saturated heterocycles. The Balaban J connectivity index is 2.07. The molecule has 8 nitrogen and oxygen atoms in total. The SMILES string of the molecule is CNC(=O)[C@H](C)N1CCCCCCCCCCc2cc(OCC(C)C)cc3c(C(C)=O)nn(c23)CC1=O. The van der Waals surface area contributed by atoms with Crippen LogP contribution in [0.15, 0.2) is 12.1 Å². The first-order valence-corrected chi connectivity index (χ1v) is 13.9. The summed E-state index contributed by atoms with van der Waals surface area (Å²) in [6, 6.07) is 3.35. The highest BCUT2D eigenvalue weighted by Gasteiger charge is 2.27. The number of benzene rings is 1. The van der Waals surface area contributed by atoms with Crippen molar-refractivity contribution in [3.05, 3.63) is 23.4 Å². The third kappa shape index (κ3) is 7.55. The summed E-state index contributed by atoms with van der Waals surface area (Å²) in [6.45, 7) is 8.55. The van der Waals surface area contributed by atoms with Crippen molar-refractivity contribution >= 4 is 28.5 Å². The number of aryl methyl sites for hydroxylation is 1. The van der Waals surface area contributed by atoms with Gasteiger partial charge >= 0.3 is 0 Å². The van der Waals surface area contributed by atoms with Crippen LogP contribution < -0.4 is 10.1 Å². The Morgan fingerprint density at radius 3 is 2.30 bits per heavy atom. The number of carbonyl (C=O) groups excluding carboxylic acids is 3. The van der Waals surface area contributed by atoms with Crippen LogP contribution in [-0.2, 0) is 22.6 Å². The molecular formula is C29H44N4O4. The third-order valence-corrected chi connectivity index (χ3v) is 7.11. The Hall–Kier alpha value is -2.90. The lowest BCUT2D eigenvalue weighted by Gasteiger charge is -2.28. The molecular weight excluding hydrogens is 468 g/mol. The van der Waals surface area contributed by atoms with E-state index < -0.39 is 6.04 Å². The first-order chi connectivity index (χ1) is 17.7. The minimum Gasteiger partial charge on any atom is -0.493 e. The predicted octanol–water partition coefficient (Wildman–Crippen LogP) is 4.91. The number of aromatic nitrogens is 2. The van der Waals surface area contributed by atoms with Gasteiger partial charge in [0.25, 0.3) is 0 Å². The van der Waals surface area contributed by atoms with Crippen molar-refractivity contribution in [2.24, 2.45) is 5.92 Å². The van der Waals surface area contributed by atoms with Crippen molar-refractivity contribution in [3.63, 3.8) is 0 Å². The monoisotopic (exact) mass is 512 g/mol. The lowest BCUT2D eigenvalue weighted by atomic mass is 10.0. The van der Waals surface area contributed by atoms with Crippen LogP contribution in [0.4, 0.5) is 0 Å². The van der Waals surface area contributed by atoms with Crippen LogP contribution in [0.1, 0.15) is 95.1 Å². The van der Waals surface area contributed by atoms with Crippen LogP contribution in [0.3, 0.4) is 0 Å². The maximum Gasteiger partial charge on any atom is 0.245 e. The van der Waals surface area contributed by atoms with Gasteiger partial charge in [0.2, 0.25) is 11.8 Å². The lowest BCUT2D eigenvalue weighted by Crippen LogP contribution is -2.48. The average Bonchev–Trinajstić information content (AvgIpc) is 3.23. The van der Waals surface area contributed by atoms with E-state index in [1.807, 2.05) is 12.1 Å². The molecule has 204 valence electrons. The van der Waals surface area contributed by atoms with Crippen molar-refractivity contribution in [1.82, 2.24) is 20.0 Å². The fourth-order valence-corrected chi connectivity index (χ4v) is 5.05. The Labute approximate surface area is 221 Å². The number of carbonyl (C=O) groups is 3. The molecule has 0 saturated carbocycles. The number of ketones is 1. The van der Waals surface area contributed by atoms with Crippen LogP contribution in [0.2, 0.25) is 0 Å². The fraction of sp³-hybridized carbons (Fsp3) is 0.655. The normalized spacial score (nSPS) is 17.1. The molecule has 0 unspecified atom stereocenters. The summed E-state index contributed by atoms with van der Waals surface area (Å²) in [7, 11) is 1.59. The Bertz CT molecular complexity index is 1090. The molecule has 8 heteroatoms. The van der Waals surface area contributed by atoms with Gasteiger partial charge in [-0.25, -0.2) is 0 Å². The van der Waals surface area contributed by atoms with Crippen molar-refractivity contribution in [2.75, 3.05) is 20.2 Å². The second kappa shape index (κ2) is 13.6. The maximum absolute atomic E-state index is 13.6. The highest BCUT2D eigenvalue weighted by atomic mass is 16.5. The quantitative estimate of drug-likeness (QED) is 0.555.